The maximum absolute atomic E-state index is 12.9. The molecular formula is C22H19N3O3S2. The van der Waals surface area contributed by atoms with E-state index in [1.165, 1.54) is 38.0 Å². The molecule has 3 aromatic carbocycles. The quantitative estimate of drug-likeness (QED) is 0.624. The molecule has 6 nitrogen and oxygen atoms in total. The summed E-state index contributed by atoms with van der Waals surface area (Å²) >= 11 is 1.33. The van der Waals surface area contributed by atoms with Gasteiger partial charge in [0, 0.05) is 29.6 Å². The van der Waals surface area contributed by atoms with E-state index >= 15 is 0 Å². The van der Waals surface area contributed by atoms with Crippen molar-refractivity contribution < 1.29 is 13.2 Å². The van der Waals surface area contributed by atoms with Gasteiger partial charge in [0.05, 0.1) is 16.0 Å². The number of hydrogen-bond acceptors (Lipinski definition) is 5. The molecule has 0 atom stereocenters. The van der Waals surface area contributed by atoms with Crippen LogP contribution in [0.1, 0.15) is 15.9 Å². The van der Waals surface area contributed by atoms with E-state index in [-0.39, 0.29) is 10.8 Å². The first-order chi connectivity index (χ1) is 14.3. The molecule has 0 radical (unpaired) electrons. The van der Waals surface area contributed by atoms with Crippen molar-refractivity contribution in [1.29, 1.82) is 5.26 Å². The standard InChI is InChI=1S/C22H19N3O3S2/c1-25(2)30(27,28)18-10-7-9-17(14-18)24-22(26)19-11-4-6-13-21(19)29-20-12-5-3-8-16(20)15-23/h3-14H,1-2H3,(H,24,26). The third-order valence-corrected chi connectivity index (χ3v) is 7.19. The highest BCUT2D eigenvalue weighted by Crippen LogP contribution is 2.33. The van der Waals surface area contributed by atoms with Gasteiger partial charge < -0.3 is 5.32 Å². The molecule has 0 heterocycles. The zero-order valence-electron chi connectivity index (χ0n) is 16.4. The number of nitrogens with one attached hydrogen (secondary N) is 1. The molecule has 0 spiro atoms. The Labute approximate surface area is 180 Å². The number of hydrogen-bond donors (Lipinski definition) is 1. The molecule has 3 aromatic rings. The van der Waals surface area contributed by atoms with Crippen LogP contribution < -0.4 is 5.32 Å². The second-order valence-electron chi connectivity index (χ2n) is 6.48. The van der Waals surface area contributed by atoms with Gasteiger partial charge >= 0.3 is 0 Å². The third-order valence-electron chi connectivity index (χ3n) is 4.23. The number of nitriles is 1. The lowest BCUT2D eigenvalue weighted by molar-refractivity contribution is 0.102. The lowest BCUT2D eigenvalue weighted by Crippen LogP contribution is -2.22. The summed E-state index contributed by atoms with van der Waals surface area (Å²) in [5.41, 5.74) is 1.33. The van der Waals surface area contributed by atoms with Crippen molar-refractivity contribution in [3.8, 4) is 6.07 Å². The van der Waals surface area contributed by atoms with Gasteiger partial charge in [-0.3, -0.25) is 4.79 Å². The molecule has 1 amide bonds. The summed E-state index contributed by atoms with van der Waals surface area (Å²) < 4.78 is 25.8. The van der Waals surface area contributed by atoms with E-state index in [2.05, 4.69) is 11.4 Å². The van der Waals surface area contributed by atoms with Crippen LogP contribution >= 0.6 is 11.8 Å². The zero-order chi connectivity index (χ0) is 21.7. The maximum atomic E-state index is 12.9. The molecule has 30 heavy (non-hydrogen) atoms. The Morgan fingerprint density at radius 2 is 1.63 bits per heavy atom. The van der Waals surface area contributed by atoms with Crippen molar-refractivity contribution in [2.45, 2.75) is 14.7 Å². The molecule has 0 aliphatic rings. The van der Waals surface area contributed by atoms with Crippen LogP contribution in [0.5, 0.6) is 0 Å². The molecular weight excluding hydrogens is 418 g/mol. The third kappa shape index (κ3) is 4.71. The van der Waals surface area contributed by atoms with Crippen LogP contribution in [0.2, 0.25) is 0 Å². The van der Waals surface area contributed by atoms with Crippen LogP contribution in [0.25, 0.3) is 0 Å². The Bertz CT molecular complexity index is 1230. The van der Waals surface area contributed by atoms with Crippen molar-refractivity contribution in [3.63, 3.8) is 0 Å². The number of carbonyl (C=O) groups excluding carboxylic acids is 1. The highest BCUT2D eigenvalue weighted by molar-refractivity contribution is 7.99. The Morgan fingerprint density at radius 1 is 0.967 bits per heavy atom. The van der Waals surface area contributed by atoms with E-state index in [1.54, 1.807) is 42.5 Å². The van der Waals surface area contributed by atoms with Crippen LogP contribution in [0, 0.1) is 11.3 Å². The minimum Gasteiger partial charge on any atom is -0.322 e. The molecule has 8 heteroatoms. The maximum Gasteiger partial charge on any atom is 0.256 e. The highest BCUT2D eigenvalue weighted by atomic mass is 32.2. The summed E-state index contributed by atoms with van der Waals surface area (Å²) in [6.45, 7) is 0. The second kappa shape index (κ2) is 9.13. The normalized spacial score (nSPS) is 11.1. The molecule has 0 fully saturated rings. The summed E-state index contributed by atoms with van der Waals surface area (Å²) in [6, 6.07) is 22.5. The van der Waals surface area contributed by atoms with E-state index in [1.807, 2.05) is 18.2 Å². The molecule has 152 valence electrons. The summed E-state index contributed by atoms with van der Waals surface area (Å²) in [4.78, 5) is 14.5. The minimum absolute atomic E-state index is 0.0934. The van der Waals surface area contributed by atoms with Crippen molar-refractivity contribution in [1.82, 2.24) is 4.31 Å². The Balaban J connectivity index is 1.88. The van der Waals surface area contributed by atoms with Crippen molar-refractivity contribution in [2.75, 3.05) is 19.4 Å². The Kier molecular flexibility index (Phi) is 6.57. The average molecular weight is 438 g/mol. The molecule has 3 rings (SSSR count). The minimum atomic E-state index is -3.61. The molecule has 0 aromatic heterocycles. The van der Waals surface area contributed by atoms with E-state index in [9.17, 15) is 18.5 Å². The van der Waals surface area contributed by atoms with Crippen molar-refractivity contribution in [3.05, 3.63) is 83.9 Å². The highest BCUT2D eigenvalue weighted by Gasteiger charge is 2.18. The predicted molar refractivity (Wildman–Crippen MR) is 117 cm³/mol. The van der Waals surface area contributed by atoms with Crippen LogP contribution in [0.15, 0.2) is 87.5 Å². The Hall–Kier alpha value is -3.12. The predicted octanol–water partition coefficient (Wildman–Crippen LogP) is 4.21. The number of amides is 1. The number of carbonyl (C=O) groups is 1. The van der Waals surface area contributed by atoms with E-state index in [0.717, 1.165) is 9.20 Å². The molecule has 0 saturated heterocycles. The summed E-state index contributed by atoms with van der Waals surface area (Å²) in [5.74, 6) is -0.369. The molecule has 0 saturated carbocycles. The smallest absolute Gasteiger partial charge is 0.256 e. The van der Waals surface area contributed by atoms with Crippen LogP contribution in [-0.4, -0.2) is 32.7 Å². The second-order valence-corrected chi connectivity index (χ2v) is 9.71. The first-order valence-corrected chi connectivity index (χ1v) is 11.2. The monoisotopic (exact) mass is 437 g/mol. The average Bonchev–Trinajstić information content (AvgIpc) is 2.74. The van der Waals surface area contributed by atoms with Gasteiger partial charge in [-0.1, -0.05) is 42.1 Å². The summed E-state index contributed by atoms with van der Waals surface area (Å²) in [5, 5.41) is 12.1. The van der Waals surface area contributed by atoms with Crippen LogP contribution in [0.4, 0.5) is 5.69 Å². The summed E-state index contributed by atoms with van der Waals surface area (Å²) in [7, 11) is -0.706. The van der Waals surface area contributed by atoms with Gasteiger partial charge in [-0.2, -0.15) is 5.26 Å². The fourth-order valence-electron chi connectivity index (χ4n) is 2.65. The first kappa shape index (κ1) is 21.6. The fourth-order valence-corrected chi connectivity index (χ4v) is 4.63. The van der Waals surface area contributed by atoms with Crippen molar-refractivity contribution in [2.24, 2.45) is 0 Å². The van der Waals surface area contributed by atoms with Gasteiger partial charge in [0.1, 0.15) is 6.07 Å². The van der Waals surface area contributed by atoms with Gasteiger partial charge in [0.2, 0.25) is 10.0 Å². The lowest BCUT2D eigenvalue weighted by atomic mass is 10.2. The molecule has 0 bridgehead atoms. The molecule has 1 N–H and O–H groups in total. The van der Waals surface area contributed by atoms with E-state index in [4.69, 9.17) is 0 Å². The molecule has 0 aliphatic carbocycles. The van der Waals surface area contributed by atoms with E-state index in [0.29, 0.717) is 21.7 Å². The number of nitrogens with zero attached hydrogens (tertiary/aromatic N) is 2. The fraction of sp³-hybridized carbons (Fsp3) is 0.0909. The van der Waals surface area contributed by atoms with Gasteiger partial charge in [-0.25, -0.2) is 12.7 Å². The topological polar surface area (TPSA) is 90.3 Å². The Morgan fingerprint density at radius 3 is 2.33 bits per heavy atom. The number of anilines is 1. The van der Waals surface area contributed by atoms with Gasteiger partial charge in [0.15, 0.2) is 0 Å². The number of rotatable bonds is 6. The van der Waals surface area contributed by atoms with Gasteiger partial charge in [-0.15, -0.1) is 0 Å². The number of sulfonamides is 1. The largest absolute Gasteiger partial charge is 0.322 e. The van der Waals surface area contributed by atoms with Crippen molar-refractivity contribution >= 4 is 33.4 Å². The lowest BCUT2D eigenvalue weighted by Gasteiger charge is -2.13. The zero-order valence-corrected chi connectivity index (χ0v) is 18.0. The molecule has 0 aliphatic heterocycles. The van der Waals surface area contributed by atoms with Gasteiger partial charge in [0.25, 0.3) is 5.91 Å². The van der Waals surface area contributed by atoms with Crippen LogP contribution in [0.3, 0.4) is 0 Å². The first-order valence-electron chi connectivity index (χ1n) is 8.93. The number of benzene rings is 3. The van der Waals surface area contributed by atoms with Gasteiger partial charge in [-0.05, 0) is 42.5 Å². The SMILES string of the molecule is CN(C)S(=O)(=O)c1cccc(NC(=O)c2ccccc2Sc2ccccc2C#N)c1. The summed E-state index contributed by atoms with van der Waals surface area (Å²) in [6.07, 6.45) is 0. The molecule has 0 unspecified atom stereocenters. The van der Waals surface area contributed by atoms with Crippen LogP contribution in [-0.2, 0) is 10.0 Å². The van der Waals surface area contributed by atoms with E-state index < -0.39 is 10.0 Å².